The molecule has 0 spiro atoms. The molecule has 2 aliphatic rings. The normalized spacial score (nSPS) is 19.4. The number of sulfonamides is 1. The predicted octanol–water partition coefficient (Wildman–Crippen LogP) is 3.79. The quantitative estimate of drug-likeness (QED) is 0.485. The second-order valence-electron chi connectivity index (χ2n) is 10.1. The lowest BCUT2D eigenvalue weighted by molar-refractivity contribution is -0.0440. The lowest BCUT2D eigenvalue weighted by Crippen LogP contribution is -2.48. The Morgan fingerprint density at radius 2 is 1.71 bits per heavy atom. The molecule has 0 radical (unpaired) electrons. The Balaban J connectivity index is 1.59. The van der Waals surface area contributed by atoms with Gasteiger partial charge in [0.2, 0.25) is 10.0 Å². The van der Waals surface area contributed by atoms with E-state index in [2.05, 4.69) is 5.32 Å². The standard InChI is InChI=1S/C28H38N4O7S2/c1-6-30(7-2)27(34)24-22-13-14-31(28(35)38-8-3)17-23(22)40-26(24)29-25(33)20-9-11-21(12-10-20)41(36,37)32-15-18(4)39-19(5)16-32/h9-12,18-19H,6-8,13-17H2,1-5H3,(H,29,33). The molecule has 2 aliphatic heterocycles. The van der Waals surface area contributed by atoms with Crippen molar-refractivity contribution in [3.05, 3.63) is 45.8 Å². The number of nitrogens with zero attached hydrogens (tertiary/aromatic N) is 3. The van der Waals surface area contributed by atoms with Crippen molar-refractivity contribution in [2.75, 3.05) is 44.6 Å². The van der Waals surface area contributed by atoms with Crippen LogP contribution in [0.3, 0.4) is 0 Å². The third-order valence-electron chi connectivity index (χ3n) is 7.21. The Morgan fingerprint density at radius 1 is 1.07 bits per heavy atom. The van der Waals surface area contributed by atoms with Crippen molar-refractivity contribution in [3.8, 4) is 0 Å². The number of nitrogens with one attached hydrogen (secondary N) is 1. The van der Waals surface area contributed by atoms with Gasteiger partial charge in [0.05, 0.1) is 35.8 Å². The van der Waals surface area contributed by atoms with Gasteiger partial charge in [-0.1, -0.05) is 0 Å². The van der Waals surface area contributed by atoms with Gasteiger partial charge in [-0.2, -0.15) is 4.31 Å². The minimum absolute atomic E-state index is 0.0957. The lowest BCUT2D eigenvalue weighted by Gasteiger charge is -2.34. The molecule has 2 unspecified atom stereocenters. The molecule has 4 rings (SSSR count). The van der Waals surface area contributed by atoms with Gasteiger partial charge < -0.3 is 24.6 Å². The van der Waals surface area contributed by atoms with Crippen molar-refractivity contribution in [2.45, 2.75) is 64.7 Å². The van der Waals surface area contributed by atoms with E-state index in [1.165, 1.54) is 39.9 Å². The van der Waals surface area contributed by atoms with Crippen LogP contribution in [0.4, 0.5) is 9.80 Å². The van der Waals surface area contributed by atoms with Gasteiger partial charge in [0.25, 0.3) is 11.8 Å². The summed E-state index contributed by atoms with van der Waals surface area (Å²) in [5.41, 5.74) is 1.53. The van der Waals surface area contributed by atoms with Gasteiger partial charge in [-0.05, 0) is 70.9 Å². The van der Waals surface area contributed by atoms with Crippen LogP contribution in [-0.2, 0) is 32.5 Å². The Hall–Kier alpha value is -3.00. The fraction of sp³-hybridized carbons (Fsp3) is 0.536. The summed E-state index contributed by atoms with van der Waals surface area (Å²) >= 11 is 1.27. The average molecular weight is 607 g/mol. The highest BCUT2D eigenvalue weighted by atomic mass is 32.2. The molecule has 11 nitrogen and oxygen atoms in total. The van der Waals surface area contributed by atoms with E-state index in [1.54, 1.807) is 16.7 Å². The molecular formula is C28H38N4O7S2. The SMILES string of the molecule is CCOC(=O)N1CCc2c(sc(NC(=O)c3ccc(S(=O)(=O)N4CC(C)OC(C)C4)cc3)c2C(=O)N(CC)CC)C1. The Kier molecular flexibility index (Phi) is 9.73. The highest BCUT2D eigenvalue weighted by Crippen LogP contribution is 2.38. The van der Waals surface area contributed by atoms with Crippen molar-refractivity contribution < 1.29 is 32.3 Å². The molecule has 1 aromatic carbocycles. The van der Waals surface area contributed by atoms with Crippen LogP contribution in [0.2, 0.25) is 0 Å². The van der Waals surface area contributed by atoms with E-state index in [0.29, 0.717) is 43.2 Å². The van der Waals surface area contributed by atoms with Crippen LogP contribution in [0.15, 0.2) is 29.2 Å². The zero-order valence-electron chi connectivity index (χ0n) is 24.1. The maximum absolute atomic E-state index is 13.5. The van der Waals surface area contributed by atoms with E-state index in [1.807, 2.05) is 27.7 Å². The minimum Gasteiger partial charge on any atom is -0.450 e. The number of rotatable bonds is 8. The number of hydrogen-bond donors (Lipinski definition) is 1. The first-order valence-corrected chi connectivity index (χ1v) is 16.2. The molecule has 3 amide bonds. The topological polar surface area (TPSA) is 126 Å². The molecule has 3 heterocycles. The fourth-order valence-corrected chi connectivity index (χ4v) is 8.03. The molecule has 1 aromatic heterocycles. The molecule has 41 heavy (non-hydrogen) atoms. The molecule has 2 atom stereocenters. The van der Waals surface area contributed by atoms with E-state index in [9.17, 15) is 22.8 Å². The highest BCUT2D eigenvalue weighted by Gasteiger charge is 2.34. The van der Waals surface area contributed by atoms with Crippen LogP contribution in [0.1, 0.15) is 65.8 Å². The molecule has 0 aliphatic carbocycles. The average Bonchev–Trinajstić information content (AvgIpc) is 3.30. The van der Waals surface area contributed by atoms with Crippen LogP contribution in [-0.4, -0.2) is 92.0 Å². The molecule has 0 saturated carbocycles. The molecule has 13 heteroatoms. The maximum Gasteiger partial charge on any atom is 0.410 e. The van der Waals surface area contributed by atoms with Crippen LogP contribution in [0.5, 0.6) is 0 Å². The van der Waals surface area contributed by atoms with E-state index in [-0.39, 0.29) is 48.3 Å². The first kappa shape index (κ1) is 30.9. The van der Waals surface area contributed by atoms with Crippen LogP contribution in [0.25, 0.3) is 0 Å². The zero-order valence-corrected chi connectivity index (χ0v) is 25.8. The number of morpholine rings is 1. The van der Waals surface area contributed by atoms with Crippen molar-refractivity contribution >= 4 is 44.3 Å². The van der Waals surface area contributed by atoms with Gasteiger partial charge >= 0.3 is 6.09 Å². The molecule has 2 aromatic rings. The van der Waals surface area contributed by atoms with Crippen molar-refractivity contribution in [2.24, 2.45) is 0 Å². The minimum atomic E-state index is -3.75. The van der Waals surface area contributed by atoms with Crippen molar-refractivity contribution in [1.29, 1.82) is 0 Å². The number of carbonyl (C=O) groups is 3. The van der Waals surface area contributed by atoms with Gasteiger partial charge in [-0.25, -0.2) is 13.2 Å². The number of ether oxygens (including phenoxy) is 2. The Morgan fingerprint density at radius 3 is 2.29 bits per heavy atom. The Bertz CT molecular complexity index is 1380. The number of fused-ring (bicyclic) bond motifs is 1. The summed E-state index contributed by atoms with van der Waals surface area (Å²) in [7, 11) is -3.75. The van der Waals surface area contributed by atoms with Gasteiger partial charge in [-0.15, -0.1) is 11.3 Å². The van der Waals surface area contributed by atoms with Crippen molar-refractivity contribution in [1.82, 2.24) is 14.1 Å². The summed E-state index contributed by atoms with van der Waals surface area (Å²) in [6, 6.07) is 5.79. The number of anilines is 1. The van der Waals surface area contributed by atoms with Crippen molar-refractivity contribution in [3.63, 3.8) is 0 Å². The van der Waals surface area contributed by atoms with Gasteiger partial charge in [-0.3, -0.25) is 9.59 Å². The first-order valence-electron chi connectivity index (χ1n) is 13.9. The number of hydrogen-bond acceptors (Lipinski definition) is 8. The van der Waals surface area contributed by atoms with Crippen LogP contribution >= 0.6 is 11.3 Å². The van der Waals surface area contributed by atoms with Crippen LogP contribution in [0, 0.1) is 0 Å². The summed E-state index contributed by atoms with van der Waals surface area (Å²) in [5, 5.41) is 3.30. The molecule has 0 bridgehead atoms. The third kappa shape index (κ3) is 6.58. The lowest BCUT2D eigenvalue weighted by atomic mass is 10.0. The number of thiophene rings is 1. The monoisotopic (exact) mass is 606 g/mol. The van der Waals surface area contributed by atoms with E-state index < -0.39 is 22.0 Å². The largest absolute Gasteiger partial charge is 0.450 e. The van der Waals surface area contributed by atoms with Gasteiger partial charge in [0.1, 0.15) is 5.00 Å². The zero-order chi connectivity index (χ0) is 29.9. The molecule has 1 fully saturated rings. The predicted molar refractivity (Wildman–Crippen MR) is 156 cm³/mol. The Labute approximate surface area is 245 Å². The molecule has 1 saturated heterocycles. The van der Waals surface area contributed by atoms with Gasteiger partial charge in [0.15, 0.2) is 0 Å². The summed E-state index contributed by atoms with van der Waals surface area (Å²) in [5.74, 6) is -0.639. The first-order chi connectivity index (χ1) is 19.5. The fourth-order valence-electron chi connectivity index (χ4n) is 5.19. The second kappa shape index (κ2) is 12.9. The van der Waals surface area contributed by atoms with E-state index in [4.69, 9.17) is 9.47 Å². The number of carbonyl (C=O) groups excluding carboxylic acids is 3. The maximum atomic E-state index is 13.5. The number of amides is 3. The van der Waals surface area contributed by atoms with E-state index >= 15 is 0 Å². The smallest absolute Gasteiger partial charge is 0.410 e. The summed E-state index contributed by atoms with van der Waals surface area (Å²) in [6.45, 7) is 11.7. The van der Waals surface area contributed by atoms with Crippen LogP contribution < -0.4 is 5.32 Å². The van der Waals surface area contributed by atoms with E-state index in [0.717, 1.165) is 10.4 Å². The summed E-state index contributed by atoms with van der Waals surface area (Å²) in [4.78, 5) is 43.4. The molecular weight excluding hydrogens is 568 g/mol. The summed E-state index contributed by atoms with van der Waals surface area (Å²) < 4.78 is 38.6. The van der Waals surface area contributed by atoms with Gasteiger partial charge in [0, 0.05) is 43.2 Å². The summed E-state index contributed by atoms with van der Waals surface area (Å²) in [6.07, 6.45) is -0.376. The molecule has 224 valence electrons. The third-order valence-corrected chi connectivity index (χ3v) is 10.2. The highest BCUT2D eigenvalue weighted by molar-refractivity contribution is 7.89. The number of benzene rings is 1. The second-order valence-corrected chi connectivity index (χ2v) is 13.2. The molecule has 1 N–H and O–H groups in total.